The number of aliphatic hydroxyl groups is 1. The number of benzene rings is 2. The summed E-state index contributed by atoms with van der Waals surface area (Å²) in [6, 6.07) is 13.8. The van der Waals surface area contributed by atoms with Crippen LogP contribution in [0.1, 0.15) is 36.1 Å². The molecule has 1 fully saturated rings. The van der Waals surface area contributed by atoms with Crippen molar-refractivity contribution in [3.05, 3.63) is 83.4 Å². The number of nitrogens with zero attached hydrogens (tertiary/aromatic N) is 1. The van der Waals surface area contributed by atoms with Gasteiger partial charge in [0.25, 0.3) is 11.7 Å². The van der Waals surface area contributed by atoms with Gasteiger partial charge in [-0.3, -0.25) is 9.59 Å². The second-order valence-electron chi connectivity index (χ2n) is 6.98. The van der Waals surface area contributed by atoms with Crippen molar-refractivity contribution in [2.75, 3.05) is 13.2 Å². The maximum absolute atomic E-state index is 12.8. The Hall–Kier alpha value is -3.34. The van der Waals surface area contributed by atoms with Crippen LogP contribution in [0.15, 0.2) is 66.8 Å². The van der Waals surface area contributed by atoms with Gasteiger partial charge in [-0.15, -0.1) is 6.58 Å². The van der Waals surface area contributed by atoms with Crippen molar-refractivity contribution in [2.45, 2.75) is 26.3 Å². The number of ether oxygens (including phenoxy) is 1. The van der Waals surface area contributed by atoms with Crippen LogP contribution in [0.25, 0.3) is 5.76 Å². The molecule has 5 nitrogen and oxygen atoms in total. The van der Waals surface area contributed by atoms with Crippen LogP contribution >= 0.6 is 0 Å². The van der Waals surface area contributed by atoms with Crippen LogP contribution in [0.4, 0.5) is 0 Å². The highest BCUT2D eigenvalue weighted by atomic mass is 16.5. The highest BCUT2D eigenvalue weighted by Crippen LogP contribution is 2.39. The molecule has 1 unspecified atom stereocenters. The van der Waals surface area contributed by atoms with E-state index in [2.05, 4.69) is 6.58 Å². The molecule has 3 rings (SSSR count). The Labute approximate surface area is 170 Å². The standard InChI is InChI=1S/C24H25NO4/c1-4-13-25-21(17-9-7-6-8-10-17)20(23(27)24(25)28)22(26)18-11-12-19(16(3)15-18)29-14-5-2/h4,6-12,15,21,26H,1,5,13-14H2,2-3H3/b22-20-. The Morgan fingerprint density at radius 3 is 2.55 bits per heavy atom. The van der Waals surface area contributed by atoms with E-state index in [0.717, 1.165) is 23.3 Å². The van der Waals surface area contributed by atoms with E-state index in [9.17, 15) is 14.7 Å². The third kappa shape index (κ3) is 3.94. The van der Waals surface area contributed by atoms with E-state index in [-0.39, 0.29) is 17.9 Å². The number of aryl methyl sites for hydroxylation is 1. The predicted octanol–water partition coefficient (Wildman–Crippen LogP) is 4.39. The van der Waals surface area contributed by atoms with Crippen LogP contribution in [0.5, 0.6) is 5.75 Å². The van der Waals surface area contributed by atoms with Crippen molar-refractivity contribution in [3.8, 4) is 5.75 Å². The monoisotopic (exact) mass is 391 g/mol. The highest BCUT2D eigenvalue weighted by Gasteiger charge is 2.45. The summed E-state index contributed by atoms with van der Waals surface area (Å²) in [7, 11) is 0. The number of likely N-dealkylation sites (tertiary alicyclic amines) is 1. The number of hydrogen-bond donors (Lipinski definition) is 1. The largest absolute Gasteiger partial charge is 0.507 e. The lowest BCUT2D eigenvalue weighted by Gasteiger charge is -2.24. The molecule has 1 aliphatic rings. The second-order valence-corrected chi connectivity index (χ2v) is 6.98. The molecule has 150 valence electrons. The highest BCUT2D eigenvalue weighted by molar-refractivity contribution is 6.46. The van der Waals surface area contributed by atoms with E-state index >= 15 is 0 Å². The molecule has 0 bridgehead atoms. The molecule has 0 spiro atoms. The SMILES string of the molecule is C=CCN1C(=O)C(=O)/C(=C(\O)c2ccc(OCCC)c(C)c2)C1c1ccccc1. The quantitative estimate of drug-likeness (QED) is 0.329. The number of hydrogen-bond acceptors (Lipinski definition) is 4. The number of Topliss-reactive ketones (excluding diaryl/α,β-unsaturated/α-hetero) is 1. The molecule has 0 radical (unpaired) electrons. The molecule has 0 saturated carbocycles. The van der Waals surface area contributed by atoms with Gasteiger partial charge in [-0.2, -0.15) is 0 Å². The lowest BCUT2D eigenvalue weighted by atomic mass is 9.95. The molecule has 5 heteroatoms. The Balaban J connectivity index is 2.10. The molecular formula is C24H25NO4. The van der Waals surface area contributed by atoms with Gasteiger partial charge >= 0.3 is 0 Å². The van der Waals surface area contributed by atoms with Gasteiger partial charge in [0, 0.05) is 12.1 Å². The molecule has 0 aromatic heterocycles. The number of ketones is 1. The molecule has 1 N–H and O–H groups in total. The minimum atomic E-state index is -0.692. The van der Waals surface area contributed by atoms with E-state index in [1.165, 1.54) is 4.90 Å². The molecule has 29 heavy (non-hydrogen) atoms. The first-order valence-corrected chi connectivity index (χ1v) is 9.67. The molecule has 0 aliphatic carbocycles. The smallest absolute Gasteiger partial charge is 0.295 e. The zero-order valence-corrected chi connectivity index (χ0v) is 16.7. The van der Waals surface area contributed by atoms with Crippen molar-refractivity contribution in [3.63, 3.8) is 0 Å². The normalized spacial score (nSPS) is 18.1. The van der Waals surface area contributed by atoms with Crippen LogP contribution < -0.4 is 4.74 Å². The van der Waals surface area contributed by atoms with Gasteiger partial charge in [-0.05, 0) is 42.7 Å². The first-order chi connectivity index (χ1) is 14.0. The van der Waals surface area contributed by atoms with Gasteiger partial charge in [0.15, 0.2) is 0 Å². The van der Waals surface area contributed by atoms with Gasteiger partial charge in [0.1, 0.15) is 11.5 Å². The molecule has 2 aromatic rings. The Morgan fingerprint density at radius 2 is 1.93 bits per heavy atom. The number of carbonyl (C=O) groups is 2. The lowest BCUT2D eigenvalue weighted by Crippen LogP contribution is -2.29. The number of aliphatic hydroxyl groups excluding tert-OH is 1. The van der Waals surface area contributed by atoms with Gasteiger partial charge in [-0.1, -0.05) is 43.3 Å². The minimum absolute atomic E-state index is 0.0877. The average Bonchev–Trinajstić information content (AvgIpc) is 2.98. The zero-order chi connectivity index (χ0) is 21.0. The summed E-state index contributed by atoms with van der Waals surface area (Å²) in [5.41, 5.74) is 2.17. The number of carbonyl (C=O) groups excluding carboxylic acids is 2. The first kappa shape index (κ1) is 20.4. The Bertz CT molecular complexity index is 962. The summed E-state index contributed by atoms with van der Waals surface area (Å²) in [6.07, 6.45) is 2.47. The minimum Gasteiger partial charge on any atom is -0.507 e. The van der Waals surface area contributed by atoms with Crippen molar-refractivity contribution in [1.29, 1.82) is 0 Å². The number of amides is 1. The lowest BCUT2D eigenvalue weighted by molar-refractivity contribution is -0.139. The summed E-state index contributed by atoms with van der Waals surface area (Å²) in [5, 5.41) is 11.0. The third-order valence-electron chi connectivity index (χ3n) is 4.89. The maximum Gasteiger partial charge on any atom is 0.295 e. The molecule has 1 amide bonds. The van der Waals surface area contributed by atoms with E-state index < -0.39 is 17.7 Å². The fraction of sp³-hybridized carbons (Fsp3) is 0.250. The Kier molecular flexibility index (Phi) is 6.17. The molecule has 1 aliphatic heterocycles. The number of rotatable bonds is 7. The van der Waals surface area contributed by atoms with Crippen molar-refractivity contribution in [1.82, 2.24) is 4.90 Å². The van der Waals surface area contributed by atoms with Crippen LogP contribution in [-0.4, -0.2) is 34.8 Å². The van der Waals surface area contributed by atoms with Crippen LogP contribution in [0.3, 0.4) is 0 Å². The second kappa shape index (κ2) is 8.78. The molecule has 2 aromatic carbocycles. The van der Waals surface area contributed by atoms with Gasteiger partial charge in [-0.25, -0.2) is 0 Å². The van der Waals surface area contributed by atoms with Crippen LogP contribution in [-0.2, 0) is 9.59 Å². The predicted molar refractivity (Wildman–Crippen MR) is 113 cm³/mol. The van der Waals surface area contributed by atoms with E-state index in [4.69, 9.17) is 4.74 Å². The van der Waals surface area contributed by atoms with E-state index in [1.807, 2.05) is 44.2 Å². The van der Waals surface area contributed by atoms with Crippen molar-refractivity contribution in [2.24, 2.45) is 0 Å². The Morgan fingerprint density at radius 1 is 1.21 bits per heavy atom. The first-order valence-electron chi connectivity index (χ1n) is 9.67. The summed E-state index contributed by atoms with van der Waals surface area (Å²) in [6.45, 7) is 8.41. The van der Waals surface area contributed by atoms with Crippen molar-refractivity contribution >= 4 is 17.4 Å². The zero-order valence-electron chi connectivity index (χ0n) is 16.7. The van der Waals surface area contributed by atoms with Crippen LogP contribution in [0, 0.1) is 6.92 Å². The third-order valence-corrected chi connectivity index (χ3v) is 4.89. The maximum atomic E-state index is 12.8. The fourth-order valence-corrected chi connectivity index (χ4v) is 3.52. The van der Waals surface area contributed by atoms with E-state index in [1.54, 1.807) is 24.3 Å². The van der Waals surface area contributed by atoms with Crippen LogP contribution in [0.2, 0.25) is 0 Å². The summed E-state index contributed by atoms with van der Waals surface area (Å²) < 4.78 is 5.69. The fourth-order valence-electron chi connectivity index (χ4n) is 3.52. The molecule has 1 heterocycles. The summed E-state index contributed by atoms with van der Waals surface area (Å²) in [5.74, 6) is -0.786. The van der Waals surface area contributed by atoms with Gasteiger partial charge < -0.3 is 14.7 Å². The topological polar surface area (TPSA) is 66.8 Å². The molecule has 1 saturated heterocycles. The molecule has 1 atom stereocenters. The van der Waals surface area contributed by atoms with E-state index in [0.29, 0.717) is 12.2 Å². The molecular weight excluding hydrogens is 366 g/mol. The average molecular weight is 391 g/mol. The summed E-state index contributed by atoms with van der Waals surface area (Å²) >= 11 is 0. The van der Waals surface area contributed by atoms with Crippen molar-refractivity contribution < 1.29 is 19.4 Å². The van der Waals surface area contributed by atoms with Gasteiger partial charge in [0.05, 0.1) is 18.2 Å². The van der Waals surface area contributed by atoms with Gasteiger partial charge in [0.2, 0.25) is 0 Å². The summed E-state index contributed by atoms with van der Waals surface area (Å²) in [4.78, 5) is 26.9.